The monoisotopic (exact) mass is 327 g/mol. The SMILES string of the molecule is CC(C)(C)[Si](C)(C)NS(=N)(=O)c1nsc2ccccc12. The van der Waals surface area contributed by atoms with E-state index in [0.29, 0.717) is 5.03 Å². The quantitative estimate of drug-likeness (QED) is 0.829. The highest BCUT2D eigenvalue weighted by atomic mass is 32.2. The number of nitrogens with one attached hydrogen (secondary N) is 2. The summed E-state index contributed by atoms with van der Waals surface area (Å²) in [5.74, 6) is 0. The first-order chi connectivity index (χ1) is 9.05. The lowest BCUT2D eigenvalue weighted by molar-refractivity contribution is 0.663. The Morgan fingerprint density at radius 1 is 1.30 bits per heavy atom. The first kappa shape index (κ1) is 15.6. The van der Waals surface area contributed by atoms with Gasteiger partial charge in [-0.2, -0.15) is 4.37 Å². The van der Waals surface area contributed by atoms with Crippen molar-refractivity contribution in [3.05, 3.63) is 24.3 Å². The molecule has 2 aromatic rings. The summed E-state index contributed by atoms with van der Waals surface area (Å²) < 4.78 is 29.5. The normalized spacial score (nSPS) is 16.2. The van der Waals surface area contributed by atoms with E-state index in [1.807, 2.05) is 24.3 Å². The fraction of sp³-hybridized carbons (Fsp3) is 0.462. The van der Waals surface area contributed by atoms with Crippen LogP contribution < -0.4 is 4.39 Å². The van der Waals surface area contributed by atoms with Crippen LogP contribution in [0.4, 0.5) is 0 Å². The summed E-state index contributed by atoms with van der Waals surface area (Å²) in [7, 11) is -5.11. The molecule has 0 aliphatic heterocycles. The van der Waals surface area contributed by atoms with Gasteiger partial charge in [0.15, 0.2) is 5.03 Å². The molecule has 2 N–H and O–H groups in total. The van der Waals surface area contributed by atoms with Crippen LogP contribution in [0, 0.1) is 4.78 Å². The van der Waals surface area contributed by atoms with Gasteiger partial charge in [-0.15, -0.1) is 0 Å². The molecule has 0 aliphatic carbocycles. The molecule has 110 valence electrons. The van der Waals surface area contributed by atoms with Gasteiger partial charge in [0.05, 0.1) is 4.70 Å². The number of nitrogens with zero attached hydrogens (tertiary/aromatic N) is 1. The van der Waals surface area contributed by atoms with Crippen molar-refractivity contribution >= 4 is 39.8 Å². The Balaban J connectivity index is 2.47. The van der Waals surface area contributed by atoms with Gasteiger partial charge in [0.25, 0.3) is 0 Å². The van der Waals surface area contributed by atoms with E-state index in [9.17, 15) is 4.21 Å². The van der Waals surface area contributed by atoms with Gasteiger partial charge < -0.3 is 0 Å². The average molecular weight is 328 g/mol. The van der Waals surface area contributed by atoms with Crippen LogP contribution >= 0.6 is 11.5 Å². The predicted octanol–water partition coefficient (Wildman–Crippen LogP) is 4.21. The number of rotatable bonds is 3. The third kappa shape index (κ3) is 2.81. The average Bonchev–Trinajstić information content (AvgIpc) is 2.70. The molecule has 20 heavy (non-hydrogen) atoms. The topological polar surface area (TPSA) is 65.8 Å². The van der Waals surface area contributed by atoms with E-state index >= 15 is 0 Å². The Hall–Kier alpha value is -0.763. The molecular weight excluding hydrogens is 306 g/mol. The molecule has 1 aromatic carbocycles. The molecule has 0 bridgehead atoms. The molecule has 0 amide bonds. The largest absolute Gasteiger partial charge is 0.248 e. The molecule has 0 radical (unpaired) electrons. The van der Waals surface area contributed by atoms with E-state index in [-0.39, 0.29) is 5.04 Å². The van der Waals surface area contributed by atoms with Crippen LogP contribution in [0.5, 0.6) is 0 Å². The van der Waals surface area contributed by atoms with Gasteiger partial charge in [-0.3, -0.25) is 0 Å². The van der Waals surface area contributed by atoms with Gasteiger partial charge in [-0.1, -0.05) is 52.1 Å². The van der Waals surface area contributed by atoms with Gasteiger partial charge in [-0.05, 0) is 22.6 Å². The molecule has 0 aliphatic rings. The minimum Gasteiger partial charge on any atom is -0.248 e. The van der Waals surface area contributed by atoms with E-state index in [4.69, 9.17) is 4.78 Å². The summed E-state index contributed by atoms with van der Waals surface area (Å²) in [5, 5.41) is 1.22. The molecule has 1 atom stereocenters. The van der Waals surface area contributed by atoms with Crippen LogP contribution in [0.1, 0.15) is 20.8 Å². The lowest BCUT2D eigenvalue weighted by Crippen LogP contribution is -2.54. The zero-order chi connectivity index (χ0) is 15.2. The molecule has 7 heteroatoms. The summed E-state index contributed by atoms with van der Waals surface area (Å²) in [6, 6.07) is 7.65. The van der Waals surface area contributed by atoms with Crippen molar-refractivity contribution in [2.75, 3.05) is 0 Å². The molecule has 1 unspecified atom stereocenters. The summed E-state index contributed by atoms with van der Waals surface area (Å²) in [6.07, 6.45) is 0. The molecule has 2 rings (SSSR count). The van der Waals surface area contributed by atoms with Crippen molar-refractivity contribution < 1.29 is 4.21 Å². The fourth-order valence-corrected chi connectivity index (χ4v) is 7.88. The molecule has 0 fully saturated rings. The Morgan fingerprint density at radius 3 is 2.50 bits per heavy atom. The lowest BCUT2D eigenvalue weighted by Gasteiger charge is -2.37. The maximum absolute atomic E-state index is 12.9. The van der Waals surface area contributed by atoms with Gasteiger partial charge in [0.1, 0.15) is 18.2 Å². The first-order valence-electron chi connectivity index (χ1n) is 6.47. The van der Waals surface area contributed by atoms with E-state index in [2.05, 4.69) is 42.6 Å². The zero-order valence-corrected chi connectivity index (χ0v) is 15.1. The highest BCUT2D eigenvalue weighted by Gasteiger charge is 2.39. The number of benzene rings is 1. The maximum Gasteiger partial charge on any atom is 0.171 e. The molecule has 1 aromatic heterocycles. The Morgan fingerprint density at radius 2 is 1.90 bits per heavy atom. The Labute approximate surface area is 126 Å². The highest BCUT2D eigenvalue weighted by molar-refractivity contribution is 7.92. The molecule has 1 heterocycles. The van der Waals surface area contributed by atoms with E-state index in [1.165, 1.54) is 11.5 Å². The molecule has 4 nitrogen and oxygen atoms in total. The summed E-state index contributed by atoms with van der Waals surface area (Å²) in [6.45, 7) is 10.6. The second-order valence-corrected chi connectivity index (χ2v) is 14.4. The van der Waals surface area contributed by atoms with Crippen LogP contribution in [0.3, 0.4) is 0 Å². The fourth-order valence-electron chi connectivity index (χ4n) is 1.63. The van der Waals surface area contributed by atoms with Crippen LogP contribution in [0.2, 0.25) is 18.1 Å². The van der Waals surface area contributed by atoms with Crippen LogP contribution in [-0.4, -0.2) is 16.8 Å². The molecule has 0 saturated heterocycles. The summed E-state index contributed by atoms with van der Waals surface area (Å²) in [4.78, 5) is 0. The Bertz CT molecular complexity index is 729. The number of hydrogen-bond acceptors (Lipinski definition) is 4. The van der Waals surface area contributed by atoms with E-state index in [1.54, 1.807) is 0 Å². The lowest BCUT2D eigenvalue weighted by atomic mass is 10.2. The van der Waals surface area contributed by atoms with Gasteiger partial charge in [-0.25, -0.2) is 13.4 Å². The summed E-state index contributed by atoms with van der Waals surface area (Å²) >= 11 is 1.30. The van der Waals surface area contributed by atoms with Crippen LogP contribution in [0.25, 0.3) is 10.1 Å². The van der Waals surface area contributed by atoms with Gasteiger partial charge in [0.2, 0.25) is 0 Å². The number of hydrogen-bond donors (Lipinski definition) is 2. The molecular formula is C13H21N3OS2Si. The third-order valence-electron chi connectivity index (χ3n) is 3.89. The maximum atomic E-state index is 12.9. The standard InChI is InChI=1S/C13H21N3OS2Si/c1-13(2,3)20(4,5)16-19(14,17)12-10-8-6-7-9-11(10)18-15-12/h6-9H,1-5H3,(H2,14,16,17). The minimum absolute atomic E-state index is 0.0164. The van der Waals surface area contributed by atoms with Crippen molar-refractivity contribution in [1.29, 1.82) is 4.78 Å². The smallest absolute Gasteiger partial charge is 0.171 e. The number of aromatic nitrogens is 1. The van der Waals surface area contributed by atoms with Crippen molar-refractivity contribution in [2.45, 2.75) is 43.9 Å². The van der Waals surface area contributed by atoms with Crippen molar-refractivity contribution in [2.24, 2.45) is 0 Å². The molecule has 0 saturated carbocycles. The zero-order valence-electron chi connectivity index (χ0n) is 12.5. The van der Waals surface area contributed by atoms with Crippen molar-refractivity contribution in [3.63, 3.8) is 0 Å². The van der Waals surface area contributed by atoms with Gasteiger partial charge >= 0.3 is 0 Å². The van der Waals surface area contributed by atoms with Gasteiger partial charge in [0, 0.05) is 5.39 Å². The van der Waals surface area contributed by atoms with Crippen LogP contribution in [0.15, 0.2) is 29.3 Å². The highest BCUT2D eigenvalue weighted by Crippen LogP contribution is 2.35. The summed E-state index contributed by atoms with van der Waals surface area (Å²) in [5.41, 5.74) is 0. The minimum atomic E-state index is -3.07. The van der Waals surface area contributed by atoms with E-state index in [0.717, 1.165) is 10.1 Å². The molecule has 0 spiro atoms. The second-order valence-electron chi connectivity index (χ2n) is 6.52. The number of fused-ring (bicyclic) bond motifs is 1. The second kappa shape index (κ2) is 4.90. The first-order valence-corrected chi connectivity index (χ1v) is 11.8. The third-order valence-corrected chi connectivity index (χ3v) is 12.6. The Kier molecular flexibility index (Phi) is 3.83. The van der Waals surface area contributed by atoms with Crippen molar-refractivity contribution in [3.8, 4) is 0 Å². The predicted molar refractivity (Wildman–Crippen MR) is 89.1 cm³/mol. The van der Waals surface area contributed by atoms with E-state index < -0.39 is 18.2 Å². The van der Waals surface area contributed by atoms with Crippen molar-refractivity contribution in [1.82, 2.24) is 8.76 Å². The van der Waals surface area contributed by atoms with Crippen LogP contribution in [-0.2, 0) is 9.92 Å².